The summed E-state index contributed by atoms with van der Waals surface area (Å²) in [5.74, 6) is 1.71. The molecule has 1 aliphatic heterocycles. The van der Waals surface area contributed by atoms with E-state index in [4.69, 9.17) is 0 Å². The van der Waals surface area contributed by atoms with E-state index in [-0.39, 0.29) is 0 Å². The van der Waals surface area contributed by atoms with Gasteiger partial charge in [0.1, 0.15) is 0 Å². The lowest BCUT2D eigenvalue weighted by molar-refractivity contribution is 0.199. The zero-order valence-corrected chi connectivity index (χ0v) is 14.1. The molecule has 5 heteroatoms. The van der Waals surface area contributed by atoms with Crippen LogP contribution in [-0.2, 0) is 13.6 Å². The molecule has 1 aromatic heterocycles. The van der Waals surface area contributed by atoms with Gasteiger partial charge >= 0.3 is 0 Å². The SMILES string of the molecule is CC(CNCc1cnc(N(C)C)n1C)CN1CCCCC1. The maximum absolute atomic E-state index is 4.45. The molecule has 0 aromatic carbocycles. The molecule has 1 aliphatic rings. The Bertz CT molecular complexity index is 420. The molecule has 2 rings (SSSR count). The highest BCUT2D eigenvalue weighted by Crippen LogP contribution is 2.12. The van der Waals surface area contributed by atoms with Gasteiger partial charge in [0, 0.05) is 34.2 Å². The van der Waals surface area contributed by atoms with Gasteiger partial charge in [-0.05, 0) is 38.4 Å². The molecule has 1 aromatic rings. The highest BCUT2D eigenvalue weighted by atomic mass is 15.3. The lowest BCUT2D eigenvalue weighted by Crippen LogP contribution is -2.36. The van der Waals surface area contributed by atoms with E-state index in [1.807, 2.05) is 25.2 Å². The first-order valence-electron chi connectivity index (χ1n) is 8.19. The quantitative estimate of drug-likeness (QED) is 0.830. The van der Waals surface area contributed by atoms with Crippen LogP contribution in [0.25, 0.3) is 0 Å². The smallest absolute Gasteiger partial charge is 0.204 e. The number of imidazole rings is 1. The van der Waals surface area contributed by atoms with Crippen molar-refractivity contribution < 1.29 is 0 Å². The van der Waals surface area contributed by atoms with Crippen LogP contribution in [0.5, 0.6) is 0 Å². The Balaban J connectivity index is 1.71. The summed E-state index contributed by atoms with van der Waals surface area (Å²) < 4.78 is 2.16. The molecule has 0 spiro atoms. The lowest BCUT2D eigenvalue weighted by atomic mass is 10.1. The van der Waals surface area contributed by atoms with Crippen molar-refractivity contribution in [2.75, 3.05) is 45.2 Å². The first-order valence-corrected chi connectivity index (χ1v) is 8.19. The van der Waals surface area contributed by atoms with Crippen LogP contribution < -0.4 is 10.2 Å². The highest BCUT2D eigenvalue weighted by Gasteiger charge is 2.13. The van der Waals surface area contributed by atoms with Crippen LogP contribution in [0.4, 0.5) is 5.95 Å². The Morgan fingerprint density at radius 1 is 1.29 bits per heavy atom. The molecule has 2 heterocycles. The van der Waals surface area contributed by atoms with Crippen LogP contribution in [0.2, 0.25) is 0 Å². The Morgan fingerprint density at radius 3 is 2.62 bits per heavy atom. The van der Waals surface area contributed by atoms with Crippen molar-refractivity contribution in [2.24, 2.45) is 13.0 Å². The minimum Gasteiger partial charge on any atom is -0.348 e. The van der Waals surface area contributed by atoms with Crippen molar-refractivity contribution in [1.29, 1.82) is 0 Å². The van der Waals surface area contributed by atoms with Gasteiger partial charge in [-0.15, -0.1) is 0 Å². The van der Waals surface area contributed by atoms with Crippen molar-refractivity contribution in [3.63, 3.8) is 0 Å². The van der Waals surface area contributed by atoms with E-state index < -0.39 is 0 Å². The van der Waals surface area contributed by atoms with Crippen LogP contribution in [-0.4, -0.2) is 54.7 Å². The van der Waals surface area contributed by atoms with Gasteiger partial charge in [0.15, 0.2) is 0 Å². The third kappa shape index (κ3) is 4.71. The number of likely N-dealkylation sites (tertiary alicyclic amines) is 1. The van der Waals surface area contributed by atoms with Gasteiger partial charge in [0.05, 0.1) is 11.9 Å². The second kappa shape index (κ2) is 7.80. The third-order valence-electron chi connectivity index (χ3n) is 4.28. The van der Waals surface area contributed by atoms with E-state index in [0.717, 1.165) is 19.0 Å². The first kappa shape index (κ1) is 16.3. The number of hydrogen-bond acceptors (Lipinski definition) is 4. The van der Waals surface area contributed by atoms with Crippen LogP contribution in [0.3, 0.4) is 0 Å². The van der Waals surface area contributed by atoms with Gasteiger partial charge in [0.2, 0.25) is 5.95 Å². The van der Waals surface area contributed by atoms with Crippen molar-refractivity contribution >= 4 is 5.95 Å². The summed E-state index contributed by atoms with van der Waals surface area (Å²) >= 11 is 0. The van der Waals surface area contributed by atoms with E-state index in [9.17, 15) is 0 Å². The summed E-state index contributed by atoms with van der Waals surface area (Å²) in [6, 6.07) is 0. The molecular formula is C16H31N5. The molecule has 1 N–H and O–H groups in total. The topological polar surface area (TPSA) is 36.3 Å². The summed E-state index contributed by atoms with van der Waals surface area (Å²) in [6.07, 6.45) is 6.14. The molecule has 0 amide bonds. The van der Waals surface area contributed by atoms with Gasteiger partial charge in [-0.2, -0.15) is 0 Å². The summed E-state index contributed by atoms with van der Waals surface area (Å²) in [6.45, 7) is 8.11. The molecular weight excluding hydrogens is 262 g/mol. The van der Waals surface area contributed by atoms with Crippen LogP contribution in [0.15, 0.2) is 6.20 Å². The molecule has 1 atom stereocenters. The summed E-state index contributed by atoms with van der Waals surface area (Å²) in [5, 5.41) is 3.58. The molecule has 120 valence electrons. The lowest BCUT2D eigenvalue weighted by Gasteiger charge is -2.29. The molecule has 1 saturated heterocycles. The molecule has 0 radical (unpaired) electrons. The number of piperidine rings is 1. The van der Waals surface area contributed by atoms with Gasteiger partial charge in [-0.1, -0.05) is 13.3 Å². The van der Waals surface area contributed by atoms with Crippen molar-refractivity contribution in [1.82, 2.24) is 19.8 Å². The maximum Gasteiger partial charge on any atom is 0.204 e. The number of rotatable bonds is 7. The van der Waals surface area contributed by atoms with Crippen LogP contribution in [0.1, 0.15) is 31.9 Å². The summed E-state index contributed by atoms with van der Waals surface area (Å²) in [5.41, 5.74) is 1.24. The minimum atomic E-state index is 0.699. The third-order valence-corrected chi connectivity index (χ3v) is 4.28. The van der Waals surface area contributed by atoms with Gasteiger partial charge in [-0.3, -0.25) is 0 Å². The van der Waals surface area contributed by atoms with Gasteiger partial charge in [0.25, 0.3) is 0 Å². The van der Waals surface area contributed by atoms with E-state index in [1.54, 1.807) is 0 Å². The predicted molar refractivity (Wildman–Crippen MR) is 88.7 cm³/mol. The molecule has 0 aliphatic carbocycles. The fraction of sp³-hybridized carbons (Fsp3) is 0.812. The monoisotopic (exact) mass is 293 g/mol. The van der Waals surface area contributed by atoms with E-state index >= 15 is 0 Å². The molecule has 1 fully saturated rings. The Morgan fingerprint density at radius 2 is 2.00 bits per heavy atom. The standard InChI is InChI=1S/C16H31N5/c1-14(13-21-8-6-5-7-9-21)10-17-11-15-12-18-16(19(2)3)20(15)4/h12,14,17H,5-11,13H2,1-4H3. The first-order chi connectivity index (χ1) is 10.1. The number of anilines is 1. The second-order valence-electron chi connectivity index (χ2n) is 6.60. The minimum absolute atomic E-state index is 0.699. The number of nitrogens with zero attached hydrogens (tertiary/aromatic N) is 4. The average molecular weight is 293 g/mol. The maximum atomic E-state index is 4.45. The fourth-order valence-electron chi connectivity index (χ4n) is 3.11. The number of nitrogens with one attached hydrogen (secondary N) is 1. The molecule has 0 bridgehead atoms. The molecule has 5 nitrogen and oxygen atoms in total. The second-order valence-corrected chi connectivity index (χ2v) is 6.60. The summed E-state index contributed by atoms with van der Waals surface area (Å²) in [4.78, 5) is 9.11. The number of hydrogen-bond donors (Lipinski definition) is 1. The Hall–Kier alpha value is -1.07. The van der Waals surface area contributed by atoms with Crippen LogP contribution in [0, 0.1) is 5.92 Å². The highest BCUT2D eigenvalue weighted by molar-refractivity contribution is 5.30. The zero-order chi connectivity index (χ0) is 15.2. The number of aromatic nitrogens is 2. The summed E-state index contributed by atoms with van der Waals surface area (Å²) in [7, 11) is 6.14. The van der Waals surface area contributed by atoms with Crippen LogP contribution >= 0.6 is 0 Å². The van der Waals surface area contributed by atoms with Crippen molar-refractivity contribution in [3.8, 4) is 0 Å². The fourth-order valence-corrected chi connectivity index (χ4v) is 3.11. The largest absolute Gasteiger partial charge is 0.348 e. The normalized spacial score (nSPS) is 17.9. The van der Waals surface area contributed by atoms with Gasteiger partial charge in [-0.25, -0.2) is 4.98 Å². The molecule has 1 unspecified atom stereocenters. The van der Waals surface area contributed by atoms with Crippen molar-refractivity contribution in [2.45, 2.75) is 32.7 Å². The average Bonchev–Trinajstić information content (AvgIpc) is 2.81. The zero-order valence-electron chi connectivity index (χ0n) is 14.1. The van der Waals surface area contributed by atoms with E-state index in [2.05, 4.69) is 33.7 Å². The Labute approximate surface area is 129 Å². The van der Waals surface area contributed by atoms with E-state index in [0.29, 0.717) is 5.92 Å². The van der Waals surface area contributed by atoms with Gasteiger partial charge < -0.3 is 19.7 Å². The Kier molecular flexibility index (Phi) is 6.06. The predicted octanol–water partition coefficient (Wildman–Crippen LogP) is 1.70. The molecule has 21 heavy (non-hydrogen) atoms. The molecule has 0 saturated carbocycles. The van der Waals surface area contributed by atoms with E-state index in [1.165, 1.54) is 44.6 Å². The van der Waals surface area contributed by atoms with Crippen molar-refractivity contribution in [3.05, 3.63) is 11.9 Å².